The van der Waals surface area contributed by atoms with E-state index in [-0.39, 0.29) is 34.7 Å². The first-order valence-corrected chi connectivity index (χ1v) is 12.7. The van der Waals surface area contributed by atoms with Crippen molar-refractivity contribution < 1.29 is 13.2 Å². The Kier molecular flexibility index (Phi) is 8.46. The van der Waals surface area contributed by atoms with Crippen molar-refractivity contribution in [2.75, 3.05) is 0 Å². The molecule has 1 heterocycles. The molecule has 0 N–H and O–H groups in total. The quantitative estimate of drug-likeness (QED) is 0.533. The summed E-state index contributed by atoms with van der Waals surface area (Å²) >= 11 is 0. The van der Waals surface area contributed by atoms with Gasteiger partial charge in [-0.25, -0.2) is 13.4 Å². The summed E-state index contributed by atoms with van der Waals surface area (Å²) in [6, 6.07) is 7.54. The van der Waals surface area contributed by atoms with Crippen molar-refractivity contribution in [3.63, 3.8) is 0 Å². The topological polar surface area (TPSA) is 72.3 Å². The molecular weight excluding hydrogens is 410 g/mol. The average molecular weight is 448 g/mol. The van der Waals surface area contributed by atoms with E-state index in [1.54, 1.807) is 10.8 Å². The highest BCUT2D eigenvalue weighted by Crippen LogP contribution is 2.22. The van der Waals surface area contributed by atoms with Gasteiger partial charge in [0.15, 0.2) is 0 Å². The molecule has 0 aliphatic rings. The number of benzene rings is 1. The summed E-state index contributed by atoms with van der Waals surface area (Å²) in [4.78, 5) is 18.9. The largest absolute Gasteiger partial charge is 0.334 e. The number of aryl methyl sites for hydroxylation is 1. The number of aromatic nitrogens is 2. The van der Waals surface area contributed by atoms with Crippen LogP contribution in [0.15, 0.2) is 35.6 Å². The molecule has 0 saturated carbocycles. The third-order valence-corrected chi connectivity index (χ3v) is 6.62. The SMILES string of the molecule is Cc1cccc(CS(=O)(=O)c2ncc(CN(C(=O)CC(C)C)C(C)C)n2CC(C)C)c1. The maximum atomic E-state index is 13.3. The van der Waals surface area contributed by atoms with Crippen molar-refractivity contribution in [2.24, 2.45) is 11.8 Å². The number of carbonyl (C=O) groups excluding carboxylic acids is 1. The van der Waals surface area contributed by atoms with Crippen molar-refractivity contribution in [3.8, 4) is 0 Å². The maximum Gasteiger partial charge on any atom is 0.228 e. The standard InChI is InChI=1S/C24H37N3O3S/c1-17(2)11-23(28)26(19(5)6)15-22-13-25-24(27(22)14-18(3)4)31(29,30)16-21-10-8-9-20(7)12-21/h8-10,12-13,17-19H,11,14-16H2,1-7H3. The lowest BCUT2D eigenvalue weighted by atomic mass is 10.1. The molecule has 2 rings (SSSR count). The summed E-state index contributed by atoms with van der Waals surface area (Å²) in [5.74, 6) is 0.481. The van der Waals surface area contributed by atoms with E-state index in [1.807, 2.05) is 77.6 Å². The summed E-state index contributed by atoms with van der Waals surface area (Å²) in [5, 5.41) is 0.0812. The molecule has 0 radical (unpaired) electrons. The van der Waals surface area contributed by atoms with E-state index in [0.29, 0.717) is 19.5 Å². The zero-order valence-corrected chi connectivity index (χ0v) is 20.7. The van der Waals surface area contributed by atoms with Gasteiger partial charge in [-0.05, 0) is 38.2 Å². The summed E-state index contributed by atoms with van der Waals surface area (Å²) in [5.41, 5.74) is 2.52. The zero-order valence-electron chi connectivity index (χ0n) is 19.9. The highest BCUT2D eigenvalue weighted by atomic mass is 32.2. The Morgan fingerprint density at radius 1 is 1.10 bits per heavy atom. The lowest BCUT2D eigenvalue weighted by Crippen LogP contribution is -2.37. The molecule has 1 aromatic heterocycles. The molecule has 7 heteroatoms. The molecule has 0 saturated heterocycles. The summed E-state index contributed by atoms with van der Waals surface area (Å²) in [6.45, 7) is 14.9. The van der Waals surface area contributed by atoms with E-state index in [4.69, 9.17) is 0 Å². The summed E-state index contributed by atoms with van der Waals surface area (Å²) < 4.78 is 28.3. The second-order valence-electron chi connectivity index (χ2n) is 9.50. The fraction of sp³-hybridized carbons (Fsp3) is 0.583. The van der Waals surface area contributed by atoms with Gasteiger partial charge in [0.05, 0.1) is 24.2 Å². The van der Waals surface area contributed by atoms with E-state index in [1.165, 1.54) is 0 Å². The first-order chi connectivity index (χ1) is 14.4. The number of hydrogen-bond donors (Lipinski definition) is 0. The van der Waals surface area contributed by atoms with Crippen molar-refractivity contribution in [3.05, 3.63) is 47.3 Å². The van der Waals surface area contributed by atoms with Crippen molar-refractivity contribution >= 4 is 15.7 Å². The Hall–Kier alpha value is -2.15. The van der Waals surface area contributed by atoms with Crippen LogP contribution in [0.1, 0.15) is 64.8 Å². The fourth-order valence-corrected chi connectivity index (χ4v) is 5.10. The smallest absolute Gasteiger partial charge is 0.228 e. The lowest BCUT2D eigenvalue weighted by molar-refractivity contribution is -0.134. The molecule has 172 valence electrons. The fourth-order valence-electron chi connectivity index (χ4n) is 3.61. The van der Waals surface area contributed by atoms with Gasteiger partial charge in [0.2, 0.25) is 20.9 Å². The van der Waals surface area contributed by atoms with Crippen LogP contribution in [0.2, 0.25) is 0 Å². The lowest BCUT2D eigenvalue weighted by Gasteiger charge is -2.28. The molecule has 1 aromatic carbocycles. The van der Waals surface area contributed by atoms with E-state index in [9.17, 15) is 13.2 Å². The van der Waals surface area contributed by atoms with E-state index in [2.05, 4.69) is 4.98 Å². The monoisotopic (exact) mass is 447 g/mol. The molecule has 1 amide bonds. The van der Waals surface area contributed by atoms with Crippen LogP contribution in [0.3, 0.4) is 0 Å². The minimum Gasteiger partial charge on any atom is -0.334 e. The van der Waals surface area contributed by atoms with Crippen LogP contribution in [0.5, 0.6) is 0 Å². The summed E-state index contributed by atoms with van der Waals surface area (Å²) in [7, 11) is -3.63. The van der Waals surface area contributed by atoms with Gasteiger partial charge in [-0.3, -0.25) is 4.79 Å². The predicted molar refractivity (Wildman–Crippen MR) is 124 cm³/mol. The van der Waals surface area contributed by atoms with Crippen LogP contribution < -0.4 is 0 Å². The molecule has 0 aliphatic heterocycles. The Balaban J connectivity index is 2.41. The number of nitrogens with zero attached hydrogens (tertiary/aromatic N) is 3. The second-order valence-corrected chi connectivity index (χ2v) is 11.4. The first kappa shape index (κ1) is 25.1. The molecule has 2 aromatic rings. The molecule has 0 bridgehead atoms. The van der Waals surface area contributed by atoms with Crippen molar-refractivity contribution in [2.45, 2.75) is 84.9 Å². The van der Waals surface area contributed by atoms with Gasteiger partial charge in [-0.15, -0.1) is 0 Å². The Morgan fingerprint density at radius 3 is 2.32 bits per heavy atom. The molecule has 0 atom stereocenters. The van der Waals surface area contributed by atoms with Crippen molar-refractivity contribution in [1.29, 1.82) is 0 Å². The highest BCUT2D eigenvalue weighted by Gasteiger charge is 2.27. The third-order valence-electron chi connectivity index (χ3n) is 5.03. The van der Waals surface area contributed by atoms with Crippen molar-refractivity contribution in [1.82, 2.24) is 14.5 Å². The van der Waals surface area contributed by atoms with Crippen LogP contribution in [0.4, 0.5) is 0 Å². The van der Waals surface area contributed by atoms with Gasteiger partial charge in [-0.2, -0.15) is 0 Å². The molecule has 0 unspecified atom stereocenters. The third kappa shape index (κ3) is 6.92. The van der Waals surface area contributed by atoms with Crippen LogP contribution in [-0.4, -0.2) is 34.8 Å². The van der Waals surface area contributed by atoms with E-state index in [0.717, 1.165) is 16.8 Å². The van der Waals surface area contributed by atoms with Gasteiger partial charge in [-0.1, -0.05) is 57.5 Å². The number of amides is 1. The minimum atomic E-state index is -3.63. The van der Waals surface area contributed by atoms with Gasteiger partial charge in [0.25, 0.3) is 0 Å². The Morgan fingerprint density at radius 2 is 1.77 bits per heavy atom. The molecule has 31 heavy (non-hydrogen) atoms. The minimum absolute atomic E-state index is 0.0148. The summed E-state index contributed by atoms with van der Waals surface area (Å²) in [6.07, 6.45) is 2.08. The Bertz CT molecular complexity index is 991. The van der Waals surface area contributed by atoms with Crippen LogP contribution >= 0.6 is 0 Å². The highest BCUT2D eigenvalue weighted by molar-refractivity contribution is 7.90. The molecule has 0 spiro atoms. The van der Waals surface area contributed by atoms with Gasteiger partial charge < -0.3 is 9.47 Å². The van der Waals surface area contributed by atoms with E-state index >= 15 is 0 Å². The molecular formula is C24H37N3O3S. The second kappa shape index (κ2) is 10.4. The van der Waals surface area contributed by atoms with Gasteiger partial charge in [0, 0.05) is 19.0 Å². The number of hydrogen-bond acceptors (Lipinski definition) is 4. The Labute approximate surface area is 187 Å². The predicted octanol–water partition coefficient (Wildman–Crippen LogP) is 4.60. The number of sulfone groups is 1. The maximum absolute atomic E-state index is 13.3. The first-order valence-electron chi connectivity index (χ1n) is 11.0. The van der Waals surface area contributed by atoms with Crippen LogP contribution in [0.25, 0.3) is 0 Å². The van der Waals surface area contributed by atoms with Crippen LogP contribution in [0, 0.1) is 18.8 Å². The average Bonchev–Trinajstić information content (AvgIpc) is 3.00. The number of imidazole rings is 1. The van der Waals surface area contributed by atoms with E-state index < -0.39 is 9.84 Å². The number of rotatable bonds is 10. The zero-order chi connectivity index (χ0) is 23.3. The normalized spacial score (nSPS) is 12.2. The van der Waals surface area contributed by atoms with Gasteiger partial charge >= 0.3 is 0 Å². The number of carbonyl (C=O) groups is 1. The van der Waals surface area contributed by atoms with Gasteiger partial charge in [0.1, 0.15) is 0 Å². The molecule has 0 aliphatic carbocycles. The van der Waals surface area contributed by atoms with Crippen LogP contribution in [-0.2, 0) is 33.5 Å². The molecule has 6 nitrogen and oxygen atoms in total. The molecule has 0 fully saturated rings.